The van der Waals surface area contributed by atoms with Gasteiger partial charge in [-0.15, -0.1) is 11.3 Å². The van der Waals surface area contributed by atoms with Crippen molar-refractivity contribution in [2.45, 2.75) is 26.1 Å². The maximum atomic E-state index is 13.6. The first-order chi connectivity index (χ1) is 17.0. The summed E-state index contributed by atoms with van der Waals surface area (Å²) in [7, 11) is 0. The van der Waals surface area contributed by atoms with Gasteiger partial charge in [0.2, 0.25) is 0 Å². The average Bonchev–Trinajstić information content (AvgIpc) is 3.46. The van der Waals surface area contributed by atoms with E-state index in [4.69, 9.17) is 0 Å². The van der Waals surface area contributed by atoms with E-state index >= 15 is 0 Å². The van der Waals surface area contributed by atoms with Gasteiger partial charge in [-0.05, 0) is 47.7 Å². The van der Waals surface area contributed by atoms with Crippen LogP contribution in [-0.4, -0.2) is 52.0 Å². The zero-order valence-electron chi connectivity index (χ0n) is 19.5. The summed E-state index contributed by atoms with van der Waals surface area (Å²) >= 11 is 1.59. The Morgan fingerprint density at radius 1 is 1.03 bits per heavy atom. The van der Waals surface area contributed by atoms with Gasteiger partial charge in [-0.3, -0.25) is 4.79 Å². The Morgan fingerprint density at radius 3 is 2.54 bits per heavy atom. The molecule has 0 aliphatic carbocycles. The zero-order chi connectivity index (χ0) is 24.4. The molecule has 2 aromatic carbocycles. The van der Waals surface area contributed by atoms with Gasteiger partial charge >= 0.3 is 6.03 Å². The van der Waals surface area contributed by atoms with E-state index in [1.54, 1.807) is 28.4 Å². The van der Waals surface area contributed by atoms with Crippen molar-refractivity contribution in [2.24, 2.45) is 0 Å². The first-order valence-corrected chi connectivity index (χ1v) is 12.6. The number of benzene rings is 2. The second-order valence-electron chi connectivity index (χ2n) is 8.86. The molecule has 3 heterocycles. The first kappa shape index (κ1) is 23.1. The number of halogens is 1. The third-order valence-electron chi connectivity index (χ3n) is 6.44. The SMILES string of the molecule is CC1CN(C(=O)c2cc3ccsc3n2Cc2ccc(F)cc2)CCN1C(=O)NCc1ccccc1. The maximum absolute atomic E-state index is 13.6. The molecule has 180 valence electrons. The number of fused-ring (bicyclic) bond motifs is 1. The van der Waals surface area contributed by atoms with Gasteiger partial charge in [0.05, 0.1) is 0 Å². The van der Waals surface area contributed by atoms with E-state index in [1.807, 2.05) is 64.2 Å². The average molecular weight is 491 g/mol. The van der Waals surface area contributed by atoms with Crippen LogP contribution in [0.1, 0.15) is 28.5 Å². The number of aromatic nitrogens is 1. The van der Waals surface area contributed by atoms with E-state index in [1.165, 1.54) is 12.1 Å². The fourth-order valence-corrected chi connectivity index (χ4v) is 5.46. The molecule has 2 aromatic heterocycles. The van der Waals surface area contributed by atoms with Crippen LogP contribution < -0.4 is 5.32 Å². The summed E-state index contributed by atoms with van der Waals surface area (Å²) in [6, 6.07) is 19.9. The normalized spacial score (nSPS) is 16.0. The van der Waals surface area contributed by atoms with Crippen molar-refractivity contribution in [3.63, 3.8) is 0 Å². The molecule has 1 N–H and O–H groups in total. The summed E-state index contributed by atoms with van der Waals surface area (Å²) in [6.07, 6.45) is 0. The highest BCUT2D eigenvalue weighted by molar-refractivity contribution is 7.16. The van der Waals surface area contributed by atoms with E-state index in [0.29, 0.717) is 38.4 Å². The fraction of sp³-hybridized carbons (Fsp3) is 0.259. The number of carbonyl (C=O) groups is 2. The molecule has 1 aliphatic rings. The summed E-state index contributed by atoms with van der Waals surface area (Å²) in [4.78, 5) is 31.0. The molecule has 4 aromatic rings. The molecule has 0 spiro atoms. The van der Waals surface area contributed by atoms with Crippen LogP contribution in [0.4, 0.5) is 9.18 Å². The van der Waals surface area contributed by atoms with Gasteiger partial charge < -0.3 is 19.7 Å². The van der Waals surface area contributed by atoms with Gasteiger partial charge in [0, 0.05) is 44.2 Å². The van der Waals surface area contributed by atoms with Gasteiger partial charge in [0.1, 0.15) is 16.3 Å². The Kier molecular flexibility index (Phi) is 6.55. The maximum Gasteiger partial charge on any atom is 0.318 e. The van der Waals surface area contributed by atoms with Crippen LogP contribution in [0, 0.1) is 5.82 Å². The van der Waals surface area contributed by atoms with Crippen molar-refractivity contribution < 1.29 is 14.0 Å². The van der Waals surface area contributed by atoms with Gasteiger partial charge in [-0.2, -0.15) is 0 Å². The molecule has 1 unspecified atom stereocenters. The number of nitrogens with one attached hydrogen (secondary N) is 1. The zero-order valence-corrected chi connectivity index (χ0v) is 20.3. The van der Waals surface area contributed by atoms with Crippen molar-refractivity contribution in [1.29, 1.82) is 0 Å². The van der Waals surface area contributed by atoms with Crippen molar-refractivity contribution in [2.75, 3.05) is 19.6 Å². The third kappa shape index (κ3) is 4.93. The lowest BCUT2D eigenvalue weighted by Gasteiger charge is -2.39. The number of hydrogen-bond donors (Lipinski definition) is 1. The monoisotopic (exact) mass is 490 g/mol. The summed E-state index contributed by atoms with van der Waals surface area (Å²) in [5.74, 6) is -0.329. The predicted octanol–water partition coefficient (Wildman–Crippen LogP) is 4.95. The van der Waals surface area contributed by atoms with E-state index in [-0.39, 0.29) is 23.8 Å². The van der Waals surface area contributed by atoms with Crippen LogP contribution in [0.5, 0.6) is 0 Å². The molecule has 0 radical (unpaired) electrons. The summed E-state index contributed by atoms with van der Waals surface area (Å²) in [5, 5.41) is 6.01. The van der Waals surface area contributed by atoms with Crippen molar-refractivity contribution in [3.05, 3.63) is 94.7 Å². The Hall–Kier alpha value is -3.65. The number of nitrogens with zero attached hydrogens (tertiary/aromatic N) is 3. The molecular formula is C27H27FN4O2S. The third-order valence-corrected chi connectivity index (χ3v) is 7.39. The van der Waals surface area contributed by atoms with Crippen molar-refractivity contribution in [3.8, 4) is 0 Å². The summed E-state index contributed by atoms with van der Waals surface area (Å²) in [5.41, 5.74) is 2.59. The molecule has 5 rings (SSSR count). The number of thiophene rings is 1. The molecule has 1 aliphatic heterocycles. The molecule has 3 amide bonds. The second-order valence-corrected chi connectivity index (χ2v) is 9.76. The summed E-state index contributed by atoms with van der Waals surface area (Å²) < 4.78 is 15.4. The van der Waals surface area contributed by atoms with E-state index < -0.39 is 0 Å². The highest BCUT2D eigenvalue weighted by atomic mass is 32.1. The number of hydrogen-bond acceptors (Lipinski definition) is 3. The first-order valence-electron chi connectivity index (χ1n) is 11.7. The minimum atomic E-state index is -0.279. The van der Waals surface area contributed by atoms with Crippen LogP contribution in [0.2, 0.25) is 0 Å². The minimum Gasteiger partial charge on any atom is -0.334 e. The minimum absolute atomic E-state index is 0.0493. The number of rotatable bonds is 5. The summed E-state index contributed by atoms with van der Waals surface area (Å²) in [6.45, 7) is 4.34. The van der Waals surface area contributed by atoms with E-state index in [0.717, 1.165) is 21.3 Å². The number of carbonyl (C=O) groups excluding carboxylic acids is 2. The fourth-order valence-electron chi connectivity index (χ4n) is 4.56. The van der Waals surface area contributed by atoms with Gasteiger partial charge in [-0.1, -0.05) is 42.5 Å². The number of piperazine rings is 1. The lowest BCUT2D eigenvalue weighted by atomic mass is 10.1. The molecule has 6 nitrogen and oxygen atoms in total. The highest BCUT2D eigenvalue weighted by Crippen LogP contribution is 2.28. The quantitative estimate of drug-likeness (QED) is 0.431. The van der Waals surface area contributed by atoms with Gasteiger partial charge in [-0.25, -0.2) is 9.18 Å². The van der Waals surface area contributed by atoms with E-state index in [9.17, 15) is 14.0 Å². The molecule has 1 fully saturated rings. The number of amides is 3. The van der Waals surface area contributed by atoms with Crippen LogP contribution >= 0.6 is 11.3 Å². The Morgan fingerprint density at radius 2 is 1.80 bits per heavy atom. The highest BCUT2D eigenvalue weighted by Gasteiger charge is 2.31. The van der Waals surface area contributed by atoms with Gasteiger partial charge in [0.25, 0.3) is 5.91 Å². The van der Waals surface area contributed by atoms with Crippen LogP contribution in [-0.2, 0) is 13.1 Å². The van der Waals surface area contributed by atoms with Crippen molar-refractivity contribution >= 4 is 33.5 Å². The molecule has 1 atom stereocenters. The molecule has 35 heavy (non-hydrogen) atoms. The Bertz CT molecular complexity index is 1330. The lowest BCUT2D eigenvalue weighted by molar-refractivity contribution is 0.0570. The van der Waals surface area contributed by atoms with Gasteiger partial charge in [0.15, 0.2) is 0 Å². The topological polar surface area (TPSA) is 57.6 Å². The van der Waals surface area contributed by atoms with Crippen LogP contribution in [0.15, 0.2) is 72.1 Å². The standard InChI is InChI=1S/C27H27FN4O2S/c1-19-17-30(12-13-31(19)27(34)29-16-20-5-3-2-4-6-20)25(33)24-15-22-11-14-35-26(22)32(24)18-21-7-9-23(28)10-8-21/h2-11,14-15,19H,12-13,16-18H2,1H3,(H,29,34). The Balaban J connectivity index is 1.28. The molecule has 8 heteroatoms. The van der Waals surface area contributed by atoms with E-state index in [2.05, 4.69) is 5.32 Å². The van der Waals surface area contributed by atoms with Crippen LogP contribution in [0.25, 0.3) is 10.2 Å². The van der Waals surface area contributed by atoms with Crippen molar-refractivity contribution in [1.82, 2.24) is 19.7 Å². The predicted molar refractivity (Wildman–Crippen MR) is 136 cm³/mol. The Labute approximate surface area is 207 Å². The number of urea groups is 1. The van der Waals surface area contributed by atoms with Crippen LogP contribution in [0.3, 0.4) is 0 Å². The molecule has 0 saturated carbocycles. The molecular weight excluding hydrogens is 463 g/mol. The second kappa shape index (κ2) is 9.92. The molecule has 1 saturated heterocycles. The largest absolute Gasteiger partial charge is 0.334 e. The lowest BCUT2D eigenvalue weighted by Crippen LogP contribution is -2.57. The molecule has 0 bridgehead atoms. The smallest absolute Gasteiger partial charge is 0.318 e.